The predicted octanol–water partition coefficient (Wildman–Crippen LogP) is 0.662. The van der Waals surface area contributed by atoms with Crippen LogP contribution in [0.2, 0.25) is 0 Å². The van der Waals surface area contributed by atoms with Gasteiger partial charge in [-0.3, -0.25) is 10.00 Å². The van der Waals surface area contributed by atoms with Crippen molar-refractivity contribution in [2.24, 2.45) is 5.92 Å². The number of aromatic nitrogens is 3. The summed E-state index contributed by atoms with van der Waals surface area (Å²) in [6, 6.07) is 0. The molecule has 0 aromatic carbocycles. The summed E-state index contributed by atoms with van der Waals surface area (Å²) in [5.41, 5.74) is 0. The van der Waals surface area contributed by atoms with Crippen molar-refractivity contribution in [3.8, 4) is 0 Å². The molecule has 0 saturated carbocycles. The first-order valence-electron chi connectivity index (χ1n) is 7.25. The Hall–Kier alpha value is -1.14. The van der Waals surface area contributed by atoms with Crippen molar-refractivity contribution in [1.29, 1.82) is 0 Å². The smallest absolute Gasteiger partial charge is 0.244 e. The number of piperazine rings is 1. The Kier molecular flexibility index (Phi) is 3.98. The molecule has 3 rings (SSSR count). The maximum atomic E-state index is 5.42. The minimum absolute atomic E-state index is 0.825. The highest BCUT2D eigenvalue weighted by Gasteiger charge is 2.23. The molecule has 3 heterocycles. The van der Waals surface area contributed by atoms with Gasteiger partial charge in [0.1, 0.15) is 5.82 Å². The Bertz CT molecular complexity index is 393. The highest BCUT2D eigenvalue weighted by molar-refractivity contribution is 5.29. The number of nitrogens with one attached hydrogen (secondary N) is 1. The van der Waals surface area contributed by atoms with E-state index in [1.807, 2.05) is 6.92 Å². The van der Waals surface area contributed by atoms with E-state index < -0.39 is 0 Å². The average molecular weight is 265 g/mol. The van der Waals surface area contributed by atoms with Crippen molar-refractivity contribution in [2.45, 2.75) is 19.8 Å². The van der Waals surface area contributed by atoms with Gasteiger partial charge in [-0.25, -0.2) is 0 Å². The molecular formula is C13H23N5O. The Morgan fingerprint density at radius 3 is 2.58 bits per heavy atom. The summed E-state index contributed by atoms with van der Waals surface area (Å²) in [6.07, 6.45) is 2.45. The van der Waals surface area contributed by atoms with Crippen LogP contribution in [0.5, 0.6) is 0 Å². The first-order valence-corrected chi connectivity index (χ1v) is 7.25. The summed E-state index contributed by atoms with van der Waals surface area (Å²) in [7, 11) is 0. The molecule has 1 N–H and O–H groups in total. The number of hydrogen-bond acceptors (Lipinski definition) is 5. The summed E-state index contributed by atoms with van der Waals surface area (Å²) >= 11 is 0. The molecule has 19 heavy (non-hydrogen) atoms. The van der Waals surface area contributed by atoms with Gasteiger partial charge in [-0.1, -0.05) is 0 Å². The van der Waals surface area contributed by atoms with Crippen molar-refractivity contribution in [3.05, 3.63) is 5.82 Å². The van der Waals surface area contributed by atoms with E-state index in [1.165, 1.54) is 19.4 Å². The summed E-state index contributed by atoms with van der Waals surface area (Å²) < 4.78 is 5.42. The van der Waals surface area contributed by atoms with Gasteiger partial charge in [0.05, 0.1) is 0 Å². The van der Waals surface area contributed by atoms with Crippen LogP contribution in [-0.2, 0) is 4.74 Å². The molecular weight excluding hydrogens is 242 g/mol. The number of rotatable bonds is 3. The summed E-state index contributed by atoms with van der Waals surface area (Å²) in [5.74, 6) is 2.56. The Morgan fingerprint density at radius 2 is 1.95 bits per heavy atom. The van der Waals surface area contributed by atoms with Gasteiger partial charge < -0.3 is 9.64 Å². The van der Waals surface area contributed by atoms with Crippen LogP contribution in [0.15, 0.2) is 0 Å². The molecule has 6 nitrogen and oxygen atoms in total. The van der Waals surface area contributed by atoms with Gasteiger partial charge in [0.15, 0.2) is 0 Å². The fourth-order valence-corrected chi connectivity index (χ4v) is 2.90. The monoisotopic (exact) mass is 265 g/mol. The zero-order valence-electron chi connectivity index (χ0n) is 11.6. The minimum Gasteiger partial charge on any atom is -0.381 e. The second-order valence-electron chi connectivity index (χ2n) is 5.56. The molecule has 0 unspecified atom stereocenters. The molecule has 0 spiro atoms. The number of hydrogen-bond donors (Lipinski definition) is 1. The van der Waals surface area contributed by atoms with E-state index >= 15 is 0 Å². The van der Waals surface area contributed by atoms with E-state index in [9.17, 15) is 0 Å². The number of ether oxygens (including phenoxy) is 1. The number of nitrogens with zero attached hydrogens (tertiary/aromatic N) is 4. The first kappa shape index (κ1) is 12.9. The minimum atomic E-state index is 0.825. The molecule has 0 radical (unpaired) electrons. The van der Waals surface area contributed by atoms with Crippen LogP contribution in [0.3, 0.4) is 0 Å². The number of aromatic amines is 1. The van der Waals surface area contributed by atoms with Crippen LogP contribution in [0.25, 0.3) is 0 Å². The lowest BCUT2D eigenvalue weighted by atomic mass is 9.99. The van der Waals surface area contributed by atoms with Crippen LogP contribution in [0.1, 0.15) is 18.7 Å². The summed E-state index contributed by atoms with van der Waals surface area (Å²) in [4.78, 5) is 9.24. The molecule has 1 aromatic heterocycles. The second kappa shape index (κ2) is 5.88. The highest BCUT2D eigenvalue weighted by Crippen LogP contribution is 2.18. The van der Waals surface area contributed by atoms with Gasteiger partial charge in [-0.15, -0.1) is 5.10 Å². The van der Waals surface area contributed by atoms with E-state index in [2.05, 4.69) is 25.0 Å². The fraction of sp³-hybridized carbons (Fsp3) is 0.846. The van der Waals surface area contributed by atoms with Gasteiger partial charge in [0.25, 0.3) is 0 Å². The zero-order valence-corrected chi connectivity index (χ0v) is 11.6. The lowest BCUT2D eigenvalue weighted by Crippen LogP contribution is -2.48. The lowest BCUT2D eigenvalue weighted by molar-refractivity contribution is 0.0517. The molecule has 0 amide bonds. The average Bonchev–Trinajstić information content (AvgIpc) is 2.87. The van der Waals surface area contributed by atoms with Crippen molar-refractivity contribution >= 4 is 5.95 Å². The molecule has 0 atom stereocenters. The van der Waals surface area contributed by atoms with Crippen molar-refractivity contribution in [3.63, 3.8) is 0 Å². The molecule has 0 bridgehead atoms. The molecule has 6 heteroatoms. The Balaban J connectivity index is 1.46. The Labute approximate surface area is 114 Å². The zero-order chi connectivity index (χ0) is 13.1. The standard InChI is InChI=1S/C13H23N5O/c1-11-14-13(16-15-11)18-6-4-17(5-7-18)10-12-2-8-19-9-3-12/h12H,2-10H2,1H3,(H,14,15,16). The maximum absolute atomic E-state index is 5.42. The summed E-state index contributed by atoms with van der Waals surface area (Å²) in [5, 5.41) is 7.15. The van der Waals surface area contributed by atoms with Gasteiger partial charge in [-0.2, -0.15) is 4.98 Å². The summed E-state index contributed by atoms with van der Waals surface area (Å²) in [6.45, 7) is 9.35. The third kappa shape index (κ3) is 3.25. The van der Waals surface area contributed by atoms with Crippen LogP contribution in [0, 0.1) is 12.8 Å². The van der Waals surface area contributed by atoms with Crippen LogP contribution in [0.4, 0.5) is 5.95 Å². The van der Waals surface area contributed by atoms with E-state index in [-0.39, 0.29) is 0 Å². The van der Waals surface area contributed by atoms with Gasteiger partial charge >= 0.3 is 0 Å². The van der Waals surface area contributed by atoms with E-state index in [4.69, 9.17) is 4.74 Å². The normalized spacial score (nSPS) is 22.9. The first-order chi connectivity index (χ1) is 9.31. The molecule has 1 aromatic rings. The Morgan fingerprint density at radius 1 is 1.21 bits per heavy atom. The quantitative estimate of drug-likeness (QED) is 0.870. The molecule has 2 saturated heterocycles. The van der Waals surface area contributed by atoms with Crippen molar-refractivity contribution < 1.29 is 4.74 Å². The largest absolute Gasteiger partial charge is 0.381 e. The maximum Gasteiger partial charge on any atom is 0.244 e. The van der Waals surface area contributed by atoms with Crippen LogP contribution in [-0.4, -0.2) is 66.0 Å². The van der Waals surface area contributed by atoms with Gasteiger partial charge in [0, 0.05) is 45.9 Å². The molecule has 0 aliphatic carbocycles. The van der Waals surface area contributed by atoms with Crippen LogP contribution >= 0.6 is 0 Å². The van der Waals surface area contributed by atoms with Crippen molar-refractivity contribution in [1.82, 2.24) is 20.1 Å². The number of H-pyrrole nitrogens is 1. The van der Waals surface area contributed by atoms with E-state index in [0.29, 0.717) is 0 Å². The third-order valence-electron chi connectivity index (χ3n) is 4.10. The second-order valence-corrected chi connectivity index (χ2v) is 5.56. The molecule has 2 fully saturated rings. The van der Waals surface area contributed by atoms with Crippen molar-refractivity contribution in [2.75, 3.05) is 50.8 Å². The molecule has 106 valence electrons. The number of anilines is 1. The van der Waals surface area contributed by atoms with E-state index in [1.54, 1.807) is 0 Å². The van der Waals surface area contributed by atoms with Crippen LogP contribution < -0.4 is 4.90 Å². The predicted molar refractivity (Wildman–Crippen MR) is 73.3 cm³/mol. The van der Waals surface area contributed by atoms with Gasteiger partial charge in [0.2, 0.25) is 5.95 Å². The lowest BCUT2D eigenvalue weighted by Gasteiger charge is -2.36. The highest BCUT2D eigenvalue weighted by atomic mass is 16.5. The SMILES string of the molecule is Cc1nc(N2CCN(CC3CCOCC3)CC2)n[nH]1. The molecule has 2 aliphatic rings. The number of aryl methyl sites for hydroxylation is 1. The van der Waals surface area contributed by atoms with Gasteiger partial charge in [-0.05, 0) is 25.7 Å². The van der Waals surface area contributed by atoms with E-state index in [0.717, 1.165) is 57.1 Å². The third-order valence-corrected chi connectivity index (χ3v) is 4.10. The molecule has 2 aliphatic heterocycles. The fourth-order valence-electron chi connectivity index (χ4n) is 2.90. The topological polar surface area (TPSA) is 57.3 Å².